The summed E-state index contributed by atoms with van der Waals surface area (Å²) in [6.07, 6.45) is 1.87. The fourth-order valence-corrected chi connectivity index (χ4v) is 3.76. The van der Waals surface area contributed by atoms with Gasteiger partial charge in [0.2, 0.25) is 0 Å². The molecule has 1 fully saturated rings. The number of phenolic OH excluding ortho intramolecular Hbond substituents is 1. The summed E-state index contributed by atoms with van der Waals surface area (Å²) in [6.45, 7) is 12.4. The van der Waals surface area contributed by atoms with Gasteiger partial charge in [-0.3, -0.25) is 9.69 Å². The summed E-state index contributed by atoms with van der Waals surface area (Å²) in [7, 11) is 1.69. The number of nitrogens with zero attached hydrogens (tertiary/aromatic N) is 1. The van der Waals surface area contributed by atoms with E-state index in [0.717, 1.165) is 16.7 Å². The van der Waals surface area contributed by atoms with Crippen LogP contribution in [-0.4, -0.2) is 27.3 Å². The highest BCUT2D eigenvalue weighted by Gasteiger charge is 2.30. The lowest BCUT2D eigenvalue weighted by atomic mass is 9.78. The van der Waals surface area contributed by atoms with Gasteiger partial charge < -0.3 is 5.11 Å². The Labute approximate surface area is 154 Å². The molecule has 1 aromatic rings. The topological polar surface area (TPSA) is 40.5 Å². The average Bonchev–Trinajstić information content (AvgIpc) is 2.65. The Morgan fingerprint density at radius 3 is 1.88 bits per heavy atom. The summed E-state index contributed by atoms with van der Waals surface area (Å²) in [6, 6.07) is 3.93. The van der Waals surface area contributed by atoms with E-state index in [9.17, 15) is 9.90 Å². The van der Waals surface area contributed by atoms with Crippen LogP contribution in [0, 0.1) is 0 Å². The maximum Gasteiger partial charge on any atom is 0.265 e. The van der Waals surface area contributed by atoms with Crippen LogP contribution in [0.2, 0.25) is 0 Å². The summed E-state index contributed by atoms with van der Waals surface area (Å²) in [5.74, 6) is 0.267. The number of hydrogen-bond donors (Lipinski definition) is 1. The Bertz CT molecular complexity index is 702. The van der Waals surface area contributed by atoms with Crippen molar-refractivity contribution in [1.82, 2.24) is 4.90 Å². The number of amides is 1. The highest BCUT2D eigenvalue weighted by atomic mass is 32.2. The van der Waals surface area contributed by atoms with Gasteiger partial charge in [0, 0.05) is 18.2 Å². The second-order valence-electron chi connectivity index (χ2n) is 8.21. The van der Waals surface area contributed by atoms with E-state index in [2.05, 4.69) is 41.5 Å². The van der Waals surface area contributed by atoms with Crippen molar-refractivity contribution in [3.05, 3.63) is 33.7 Å². The van der Waals surface area contributed by atoms with Gasteiger partial charge in [0.1, 0.15) is 10.1 Å². The van der Waals surface area contributed by atoms with Crippen molar-refractivity contribution in [2.75, 3.05) is 7.05 Å². The summed E-state index contributed by atoms with van der Waals surface area (Å²) in [5.41, 5.74) is 2.28. The van der Waals surface area contributed by atoms with E-state index in [0.29, 0.717) is 15.0 Å². The minimum Gasteiger partial charge on any atom is -0.507 e. The van der Waals surface area contributed by atoms with Gasteiger partial charge in [-0.1, -0.05) is 65.5 Å². The zero-order valence-electron chi connectivity index (χ0n) is 15.4. The molecule has 1 aliphatic rings. The van der Waals surface area contributed by atoms with E-state index in [4.69, 9.17) is 12.2 Å². The Balaban J connectivity index is 2.64. The van der Waals surface area contributed by atoms with Crippen molar-refractivity contribution < 1.29 is 9.90 Å². The predicted molar refractivity (Wildman–Crippen MR) is 106 cm³/mol. The van der Waals surface area contributed by atoms with Crippen molar-refractivity contribution in [2.45, 2.75) is 52.4 Å². The first kappa shape index (κ1) is 19.0. The molecule has 0 atom stereocenters. The van der Waals surface area contributed by atoms with Gasteiger partial charge in [-0.05, 0) is 34.6 Å². The van der Waals surface area contributed by atoms with E-state index in [1.165, 1.54) is 16.7 Å². The van der Waals surface area contributed by atoms with E-state index in [1.54, 1.807) is 7.05 Å². The minimum atomic E-state index is -0.197. The molecular weight excluding hydrogens is 338 g/mol. The van der Waals surface area contributed by atoms with Gasteiger partial charge in [0.25, 0.3) is 5.91 Å². The SMILES string of the molecule is CN1C(=O)/C(=C/c2cc(C(C)(C)C)c(O)c(C(C)(C)C)c2)SC1=S. The molecule has 0 radical (unpaired) electrons. The molecule has 1 aliphatic heterocycles. The lowest BCUT2D eigenvalue weighted by Crippen LogP contribution is -2.22. The lowest BCUT2D eigenvalue weighted by molar-refractivity contribution is -0.121. The smallest absolute Gasteiger partial charge is 0.265 e. The summed E-state index contributed by atoms with van der Waals surface area (Å²) >= 11 is 6.50. The number of benzene rings is 1. The summed E-state index contributed by atoms with van der Waals surface area (Å²) in [4.78, 5) is 14.4. The van der Waals surface area contributed by atoms with Gasteiger partial charge >= 0.3 is 0 Å². The molecule has 1 amide bonds. The molecule has 0 aliphatic carbocycles. The molecule has 1 heterocycles. The third-order valence-electron chi connectivity index (χ3n) is 4.03. The van der Waals surface area contributed by atoms with Gasteiger partial charge in [-0.25, -0.2) is 0 Å². The molecule has 0 saturated carbocycles. The quantitative estimate of drug-likeness (QED) is 0.574. The van der Waals surface area contributed by atoms with Crippen LogP contribution in [0.1, 0.15) is 58.2 Å². The molecule has 24 heavy (non-hydrogen) atoms. The third-order valence-corrected chi connectivity index (χ3v) is 5.52. The maximum atomic E-state index is 12.3. The zero-order chi connectivity index (χ0) is 18.4. The standard InChI is InChI=1S/C19H25NO2S2/c1-18(2,3)12-8-11(9-13(15(12)21)19(4,5)6)10-14-16(22)20(7)17(23)24-14/h8-10,21H,1-7H3/b14-10-. The van der Waals surface area contributed by atoms with Crippen molar-refractivity contribution in [2.24, 2.45) is 0 Å². The number of thiocarbonyl (C=S) groups is 1. The normalized spacial score (nSPS) is 18.0. The van der Waals surface area contributed by atoms with Crippen LogP contribution in [0.15, 0.2) is 17.0 Å². The molecule has 130 valence electrons. The Kier molecular flexibility index (Phi) is 4.90. The van der Waals surface area contributed by atoms with Gasteiger partial charge in [0.15, 0.2) is 0 Å². The molecule has 0 aromatic heterocycles. The number of aromatic hydroxyl groups is 1. The molecule has 0 unspecified atom stereocenters. The minimum absolute atomic E-state index is 0.0762. The van der Waals surface area contributed by atoms with E-state index in [-0.39, 0.29) is 16.7 Å². The van der Waals surface area contributed by atoms with Crippen LogP contribution in [0.3, 0.4) is 0 Å². The number of hydrogen-bond acceptors (Lipinski definition) is 4. The second kappa shape index (κ2) is 6.19. The van der Waals surface area contributed by atoms with Crippen LogP contribution in [0.5, 0.6) is 5.75 Å². The Morgan fingerprint density at radius 1 is 1.08 bits per heavy atom. The molecule has 1 aromatic carbocycles. The van der Waals surface area contributed by atoms with Crippen LogP contribution in [-0.2, 0) is 15.6 Å². The first-order valence-electron chi connectivity index (χ1n) is 7.92. The fourth-order valence-electron chi connectivity index (χ4n) is 2.58. The molecular formula is C19H25NO2S2. The molecule has 1 saturated heterocycles. The monoisotopic (exact) mass is 363 g/mol. The number of thioether (sulfide) groups is 1. The first-order valence-corrected chi connectivity index (χ1v) is 9.14. The van der Waals surface area contributed by atoms with E-state index >= 15 is 0 Å². The number of carbonyl (C=O) groups is 1. The van der Waals surface area contributed by atoms with Crippen LogP contribution in [0.25, 0.3) is 6.08 Å². The highest BCUT2D eigenvalue weighted by molar-refractivity contribution is 8.26. The number of rotatable bonds is 1. The highest BCUT2D eigenvalue weighted by Crippen LogP contribution is 2.41. The van der Waals surface area contributed by atoms with Gasteiger partial charge in [0.05, 0.1) is 4.91 Å². The number of carbonyl (C=O) groups excluding carboxylic acids is 1. The average molecular weight is 364 g/mol. The summed E-state index contributed by atoms with van der Waals surface area (Å²) in [5, 5.41) is 10.8. The molecule has 2 rings (SSSR count). The number of likely N-dealkylation sites (N-methyl/N-ethyl adjacent to an activating group) is 1. The van der Waals surface area contributed by atoms with Gasteiger partial charge in [-0.15, -0.1) is 0 Å². The van der Waals surface area contributed by atoms with E-state index in [1.807, 2.05) is 18.2 Å². The van der Waals surface area contributed by atoms with Crippen molar-refractivity contribution in [3.63, 3.8) is 0 Å². The zero-order valence-corrected chi connectivity index (χ0v) is 17.0. The van der Waals surface area contributed by atoms with Gasteiger partial charge in [-0.2, -0.15) is 0 Å². The second-order valence-corrected chi connectivity index (χ2v) is 9.88. The first-order chi connectivity index (χ1) is 10.8. The largest absolute Gasteiger partial charge is 0.507 e. The number of phenols is 1. The van der Waals surface area contributed by atoms with Crippen molar-refractivity contribution >= 4 is 40.3 Å². The van der Waals surface area contributed by atoms with Crippen molar-refractivity contribution in [3.8, 4) is 5.75 Å². The van der Waals surface area contributed by atoms with Crippen LogP contribution < -0.4 is 0 Å². The van der Waals surface area contributed by atoms with Crippen LogP contribution >= 0.6 is 24.0 Å². The molecule has 0 spiro atoms. The lowest BCUT2D eigenvalue weighted by Gasteiger charge is -2.28. The van der Waals surface area contributed by atoms with E-state index < -0.39 is 0 Å². The van der Waals surface area contributed by atoms with Crippen LogP contribution in [0.4, 0.5) is 0 Å². The third kappa shape index (κ3) is 3.67. The fraction of sp³-hybridized carbons (Fsp3) is 0.474. The molecule has 1 N–H and O–H groups in total. The maximum absolute atomic E-state index is 12.3. The Morgan fingerprint density at radius 2 is 1.54 bits per heavy atom. The predicted octanol–water partition coefficient (Wildman–Crippen LogP) is 4.82. The molecule has 5 heteroatoms. The molecule has 0 bridgehead atoms. The Hall–Kier alpha value is -1.33. The molecule has 3 nitrogen and oxygen atoms in total. The van der Waals surface area contributed by atoms with Crippen molar-refractivity contribution in [1.29, 1.82) is 0 Å². The summed E-state index contributed by atoms with van der Waals surface area (Å²) < 4.78 is 0.567.